The van der Waals surface area contributed by atoms with E-state index in [-0.39, 0.29) is 12.3 Å². The lowest BCUT2D eigenvalue weighted by Crippen LogP contribution is -2.32. The van der Waals surface area contributed by atoms with Crippen LogP contribution in [0.5, 0.6) is 0 Å². The maximum Gasteiger partial charge on any atom is 0.303 e. The second kappa shape index (κ2) is 6.51. The van der Waals surface area contributed by atoms with E-state index in [1.807, 2.05) is 30.3 Å². The Kier molecular flexibility index (Phi) is 4.49. The lowest BCUT2D eigenvalue weighted by Gasteiger charge is -2.21. The summed E-state index contributed by atoms with van der Waals surface area (Å²) in [6.45, 7) is 0.341. The van der Waals surface area contributed by atoms with Crippen LogP contribution in [-0.2, 0) is 4.79 Å². The minimum Gasteiger partial charge on any atom is -0.481 e. The molecule has 0 fully saturated rings. The van der Waals surface area contributed by atoms with Crippen molar-refractivity contribution < 1.29 is 14.7 Å². The number of nitrogens with zero attached hydrogens (tertiary/aromatic N) is 2. The van der Waals surface area contributed by atoms with Gasteiger partial charge < -0.3 is 10.0 Å². The van der Waals surface area contributed by atoms with Gasteiger partial charge in [0.05, 0.1) is 0 Å². The van der Waals surface area contributed by atoms with Crippen molar-refractivity contribution in [3.8, 4) is 0 Å². The van der Waals surface area contributed by atoms with Crippen molar-refractivity contribution in [2.45, 2.75) is 12.8 Å². The van der Waals surface area contributed by atoms with E-state index >= 15 is 0 Å². The van der Waals surface area contributed by atoms with Gasteiger partial charge in [0.25, 0.3) is 5.91 Å². The minimum atomic E-state index is -0.869. The van der Waals surface area contributed by atoms with Crippen LogP contribution in [0, 0.1) is 0 Å². The number of hydrogen-bond acceptors (Lipinski definition) is 3. The van der Waals surface area contributed by atoms with Gasteiger partial charge in [-0.15, -0.1) is 0 Å². The molecule has 0 aliphatic rings. The Bertz CT molecular complexity index is 567. The third-order valence-electron chi connectivity index (χ3n) is 2.82. The number of para-hydroxylation sites is 1. The highest BCUT2D eigenvalue weighted by Crippen LogP contribution is 2.16. The summed E-state index contributed by atoms with van der Waals surface area (Å²) in [6, 6.07) is 10.7. The second-order valence-corrected chi connectivity index (χ2v) is 4.26. The third kappa shape index (κ3) is 3.44. The van der Waals surface area contributed by atoms with Crippen molar-refractivity contribution >= 4 is 17.6 Å². The van der Waals surface area contributed by atoms with E-state index in [2.05, 4.69) is 10.2 Å². The number of aromatic nitrogens is 2. The Labute approximate surface area is 116 Å². The topological polar surface area (TPSA) is 86.3 Å². The number of aliphatic carboxylic acids is 1. The Balaban J connectivity index is 2.16. The number of carbonyl (C=O) groups excluding carboxylic acids is 1. The predicted octanol–water partition coefficient (Wildman–Crippen LogP) is 1.92. The Morgan fingerprint density at radius 3 is 2.55 bits per heavy atom. The molecule has 104 valence electrons. The van der Waals surface area contributed by atoms with E-state index in [1.54, 1.807) is 11.0 Å². The number of carbonyl (C=O) groups is 2. The number of benzene rings is 1. The molecule has 2 N–H and O–H groups in total. The van der Waals surface area contributed by atoms with E-state index < -0.39 is 5.97 Å². The van der Waals surface area contributed by atoms with Gasteiger partial charge >= 0.3 is 5.97 Å². The number of rotatable bonds is 6. The van der Waals surface area contributed by atoms with Gasteiger partial charge in [-0.25, -0.2) is 0 Å². The molecule has 0 radical (unpaired) electrons. The molecule has 0 unspecified atom stereocenters. The average molecular weight is 273 g/mol. The highest BCUT2D eigenvalue weighted by molar-refractivity contribution is 6.04. The Morgan fingerprint density at radius 2 is 1.95 bits per heavy atom. The quantitative estimate of drug-likeness (QED) is 0.841. The van der Waals surface area contributed by atoms with Crippen LogP contribution in [0.3, 0.4) is 0 Å². The Hall–Kier alpha value is -2.63. The number of nitrogens with one attached hydrogen (secondary N) is 1. The van der Waals surface area contributed by atoms with Crippen molar-refractivity contribution in [1.82, 2.24) is 10.2 Å². The Morgan fingerprint density at radius 1 is 1.20 bits per heavy atom. The van der Waals surface area contributed by atoms with E-state index in [1.165, 1.54) is 6.20 Å². The molecule has 1 amide bonds. The van der Waals surface area contributed by atoms with Crippen LogP contribution < -0.4 is 4.90 Å². The number of H-pyrrole nitrogens is 1. The maximum absolute atomic E-state index is 12.4. The van der Waals surface area contributed by atoms with Crippen LogP contribution in [0.2, 0.25) is 0 Å². The molecule has 2 aromatic rings. The van der Waals surface area contributed by atoms with Gasteiger partial charge in [0, 0.05) is 24.8 Å². The van der Waals surface area contributed by atoms with E-state index in [4.69, 9.17) is 5.11 Å². The number of aromatic amines is 1. The summed E-state index contributed by atoms with van der Waals surface area (Å²) in [6.07, 6.45) is 1.93. The lowest BCUT2D eigenvalue weighted by atomic mass is 10.2. The number of hydrogen-bond donors (Lipinski definition) is 2. The summed E-state index contributed by atoms with van der Waals surface area (Å²) in [5.74, 6) is -1.09. The molecule has 1 heterocycles. The molecule has 0 aliphatic heterocycles. The van der Waals surface area contributed by atoms with Crippen LogP contribution in [-0.4, -0.2) is 33.7 Å². The fraction of sp³-hybridized carbons (Fsp3) is 0.214. The van der Waals surface area contributed by atoms with Gasteiger partial charge in [0.1, 0.15) is 5.69 Å². The first-order valence-electron chi connectivity index (χ1n) is 6.26. The van der Waals surface area contributed by atoms with E-state index in [0.29, 0.717) is 18.7 Å². The molecule has 1 aromatic carbocycles. The van der Waals surface area contributed by atoms with Crippen molar-refractivity contribution in [2.24, 2.45) is 0 Å². The maximum atomic E-state index is 12.4. The standard InChI is InChI=1S/C14H15N3O3/c18-13(19)7-4-10-17(11-5-2-1-3-6-11)14(20)12-8-9-15-16-12/h1-3,5-6,8-9H,4,7,10H2,(H,15,16)(H,18,19). The summed E-state index contributed by atoms with van der Waals surface area (Å²) >= 11 is 0. The summed E-state index contributed by atoms with van der Waals surface area (Å²) in [5, 5.41) is 15.1. The molecular formula is C14H15N3O3. The fourth-order valence-corrected chi connectivity index (χ4v) is 1.86. The van der Waals surface area contributed by atoms with Gasteiger partial charge in [-0.1, -0.05) is 18.2 Å². The molecule has 1 aromatic heterocycles. The smallest absolute Gasteiger partial charge is 0.303 e. The number of carboxylic acids is 1. The lowest BCUT2D eigenvalue weighted by molar-refractivity contribution is -0.137. The number of amides is 1. The molecule has 6 nitrogen and oxygen atoms in total. The number of carboxylic acid groups (broad SMARTS) is 1. The molecule has 0 saturated carbocycles. The highest BCUT2D eigenvalue weighted by atomic mass is 16.4. The second-order valence-electron chi connectivity index (χ2n) is 4.26. The van der Waals surface area contributed by atoms with Crippen LogP contribution in [0.15, 0.2) is 42.6 Å². The molecule has 0 aliphatic carbocycles. The zero-order valence-electron chi connectivity index (χ0n) is 10.8. The molecule has 20 heavy (non-hydrogen) atoms. The average Bonchev–Trinajstić information content (AvgIpc) is 2.98. The molecule has 6 heteroatoms. The first kappa shape index (κ1) is 13.8. The van der Waals surface area contributed by atoms with Crippen molar-refractivity contribution in [3.63, 3.8) is 0 Å². The third-order valence-corrected chi connectivity index (χ3v) is 2.82. The number of anilines is 1. The van der Waals surface area contributed by atoms with Crippen LogP contribution >= 0.6 is 0 Å². The van der Waals surface area contributed by atoms with E-state index in [9.17, 15) is 9.59 Å². The van der Waals surface area contributed by atoms with Gasteiger partial charge in [-0.3, -0.25) is 14.7 Å². The van der Waals surface area contributed by atoms with Crippen LogP contribution in [0.25, 0.3) is 0 Å². The first-order valence-corrected chi connectivity index (χ1v) is 6.26. The van der Waals surface area contributed by atoms with Gasteiger partial charge in [-0.05, 0) is 24.6 Å². The van der Waals surface area contributed by atoms with Gasteiger partial charge in [0.2, 0.25) is 0 Å². The minimum absolute atomic E-state index is 0.0274. The molecular weight excluding hydrogens is 258 g/mol. The summed E-state index contributed by atoms with van der Waals surface area (Å²) in [5.41, 5.74) is 1.11. The molecule has 0 spiro atoms. The monoisotopic (exact) mass is 273 g/mol. The summed E-state index contributed by atoms with van der Waals surface area (Å²) in [4.78, 5) is 24.5. The van der Waals surface area contributed by atoms with Gasteiger partial charge in [0.15, 0.2) is 0 Å². The molecule has 0 bridgehead atoms. The zero-order chi connectivity index (χ0) is 14.4. The largest absolute Gasteiger partial charge is 0.481 e. The molecule has 2 rings (SSSR count). The highest BCUT2D eigenvalue weighted by Gasteiger charge is 2.18. The van der Waals surface area contributed by atoms with Crippen molar-refractivity contribution in [1.29, 1.82) is 0 Å². The van der Waals surface area contributed by atoms with Crippen molar-refractivity contribution in [2.75, 3.05) is 11.4 Å². The normalized spacial score (nSPS) is 10.2. The molecule has 0 atom stereocenters. The van der Waals surface area contributed by atoms with E-state index in [0.717, 1.165) is 5.69 Å². The van der Waals surface area contributed by atoms with Crippen LogP contribution in [0.1, 0.15) is 23.3 Å². The summed E-state index contributed by atoms with van der Waals surface area (Å²) < 4.78 is 0. The predicted molar refractivity (Wildman–Crippen MR) is 73.6 cm³/mol. The fourth-order valence-electron chi connectivity index (χ4n) is 1.86. The van der Waals surface area contributed by atoms with Crippen LogP contribution in [0.4, 0.5) is 5.69 Å². The van der Waals surface area contributed by atoms with Gasteiger partial charge in [-0.2, -0.15) is 5.10 Å². The SMILES string of the molecule is O=C(O)CCCN(C(=O)c1ccn[nH]1)c1ccccc1. The summed E-state index contributed by atoms with van der Waals surface area (Å²) in [7, 11) is 0. The first-order chi connectivity index (χ1) is 9.68. The molecule has 0 saturated heterocycles. The van der Waals surface area contributed by atoms with Crippen molar-refractivity contribution in [3.05, 3.63) is 48.3 Å². The zero-order valence-corrected chi connectivity index (χ0v) is 10.8.